The number of aromatic nitrogens is 4. The molecule has 25 heavy (non-hydrogen) atoms. The average Bonchev–Trinajstić information content (AvgIpc) is 3.01. The number of carbonyl (C=O) groups excluding carboxylic acids is 1. The number of rotatable bonds is 4. The first-order valence-electron chi connectivity index (χ1n) is 7.39. The second-order valence-corrected chi connectivity index (χ2v) is 5.97. The molecule has 3 rings (SSSR count). The van der Waals surface area contributed by atoms with Gasteiger partial charge in [-0.1, -0.05) is 23.7 Å². The lowest BCUT2D eigenvalue weighted by Crippen LogP contribution is -2.37. The van der Waals surface area contributed by atoms with Crippen LogP contribution in [0, 0.1) is 0 Å². The molecule has 0 unspecified atom stereocenters. The summed E-state index contributed by atoms with van der Waals surface area (Å²) in [6.07, 6.45) is 1.34. The minimum Gasteiger partial charge on any atom is -0.459 e. The zero-order valence-corrected chi connectivity index (χ0v) is 14.4. The fourth-order valence-corrected chi connectivity index (χ4v) is 2.57. The lowest BCUT2D eigenvalue weighted by atomic mass is 10.2. The smallest absolute Gasteiger partial charge is 0.332 e. The van der Waals surface area contributed by atoms with Gasteiger partial charge in [-0.2, -0.15) is 0 Å². The fourth-order valence-electron chi connectivity index (χ4n) is 2.45. The molecule has 0 atom stereocenters. The highest BCUT2D eigenvalue weighted by Gasteiger charge is 2.16. The lowest BCUT2D eigenvalue weighted by Gasteiger charge is -2.07. The summed E-state index contributed by atoms with van der Waals surface area (Å²) in [6, 6.07) is 6.93. The van der Waals surface area contributed by atoms with Crippen molar-refractivity contribution in [2.45, 2.75) is 13.2 Å². The summed E-state index contributed by atoms with van der Waals surface area (Å²) in [5, 5.41) is 0.599. The summed E-state index contributed by atoms with van der Waals surface area (Å²) >= 11 is 5.80. The molecule has 0 aliphatic heterocycles. The molecular formula is C16H15ClN4O4. The molecule has 0 fully saturated rings. The van der Waals surface area contributed by atoms with Crippen molar-refractivity contribution < 1.29 is 9.53 Å². The summed E-state index contributed by atoms with van der Waals surface area (Å²) in [6.45, 7) is -0.0866. The zero-order chi connectivity index (χ0) is 18.1. The molecule has 0 spiro atoms. The molecule has 9 heteroatoms. The molecule has 0 aliphatic rings. The van der Waals surface area contributed by atoms with Crippen LogP contribution in [0.1, 0.15) is 5.56 Å². The third-order valence-electron chi connectivity index (χ3n) is 3.83. The van der Waals surface area contributed by atoms with E-state index in [1.807, 2.05) is 0 Å². The van der Waals surface area contributed by atoms with E-state index < -0.39 is 17.2 Å². The molecule has 1 aromatic carbocycles. The molecule has 0 amide bonds. The van der Waals surface area contributed by atoms with Crippen molar-refractivity contribution in [3.05, 3.63) is 62.0 Å². The van der Waals surface area contributed by atoms with Gasteiger partial charge in [0.25, 0.3) is 5.56 Å². The summed E-state index contributed by atoms with van der Waals surface area (Å²) in [5.74, 6) is -0.523. The highest BCUT2D eigenvalue weighted by atomic mass is 35.5. The van der Waals surface area contributed by atoms with E-state index in [1.165, 1.54) is 29.6 Å². The first-order valence-corrected chi connectivity index (χ1v) is 7.77. The third-order valence-corrected chi connectivity index (χ3v) is 4.08. The molecule has 2 heterocycles. The number of aryl methyl sites for hydroxylation is 1. The van der Waals surface area contributed by atoms with E-state index in [1.54, 1.807) is 24.3 Å². The summed E-state index contributed by atoms with van der Waals surface area (Å²) in [4.78, 5) is 40.3. The van der Waals surface area contributed by atoms with Gasteiger partial charge in [0, 0.05) is 19.1 Å². The molecule has 0 bridgehead atoms. The minimum absolute atomic E-state index is 0.0964. The van der Waals surface area contributed by atoms with Gasteiger partial charge in [-0.25, -0.2) is 9.78 Å². The van der Waals surface area contributed by atoms with Crippen LogP contribution in [0.4, 0.5) is 0 Å². The van der Waals surface area contributed by atoms with Crippen LogP contribution in [0.15, 0.2) is 40.2 Å². The van der Waals surface area contributed by atoms with Crippen LogP contribution in [0.3, 0.4) is 0 Å². The number of esters is 1. The predicted molar refractivity (Wildman–Crippen MR) is 91.5 cm³/mol. The van der Waals surface area contributed by atoms with Crippen molar-refractivity contribution in [3.63, 3.8) is 0 Å². The van der Waals surface area contributed by atoms with Crippen LogP contribution in [0.2, 0.25) is 5.02 Å². The monoisotopic (exact) mass is 362 g/mol. The van der Waals surface area contributed by atoms with Crippen LogP contribution in [0.5, 0.6) is 0 Å². The SMILES string of the molecule is Cn1c(=O)c2c(ncn2CC(=O)OCc2ccc(Cl)cc2)n(C)c1=O. The highest BCUT2D eigenvalue weighted by molar-refractivity contribution is 6.30. The van der Waals surface area contributed by atoms with Crippen molar-refractivity contribution in [3.8, 4) is 0 Å². The first kappa shape index (κ1) is 17.0. The van der Waals surface area contributed by atoms with Crippen LogP contribution in [-0.2, 0) is 36.8 Å². The highest BCUT2D eigenvalue weighted by Crippen LogP contribution is 2.11. The van der Waals surface area contributed by atoms with Gasteiger partial charge < -0.3 is 9.30 Å². The number of halogens is 1. The maximum absolute atomic E-state index is 12.3. The number of benzene rings is 1. The Bertz CT molecular complexity index is 1060. The molecule has 0 saturated heterocycles. The lowest BCUT2D eigenvalue weighted by molar-refractivity contribution is -0.145. The van der Waals surface area contributed by atoms with Crippen molar-refractivity contribution in [1.29, 1.82) is 0 Å². The van der Waals surface area contributed by atoms with E-state index in [0.29, 0.717) is 5.02 Å². The van der Waals surface area contributed by atoms with Crippen LogP contribution < -0.4 is 11.2 Å². The Morgan fingerprint density at radius 3 is 2.52 bits per heavy atom. The van der Waals surface area contributed by atoms with Gasteiger partial charge in [-0.15, -0.1) is 0 Å². The fraction of sp³-hybridized carbons (Fsp3) is 0.250. The summed E-state index contributed by atoms with van der Waals surface area (Å²) in [5.41, 5.74) is 0.201. The number of ether oxygens (including phenoxy) is 1. The number of nitrogens with zero attached hydrogens (tertiary/aromatic N) is 4. The predicted octanol–water partition coefficient (Wildman–Crippen LogP) is 0.830. The molecule has 0 N–H and O–H groups in total. The van der Waals surface area contributed by atoms with Gasteiger partial charge in [0.2, 0.25) is 0 Å². The molecule has 0 radical (unpaired) electrons. The third kappa shape index (κ3) is 3.20. The molecule has 8 nitrogen and oxygen atoms in total. The summed E-state index contributed by atoms with van der Waals surface area (Å²) in [7, 11) is 2.89. The number of hydrogen-bond acceptors (Lipinski definition) is 5. The molecule has 0 saturated carbocycles. The summed E-state index contributed by atoms with van der Waals surface area (Å²) < 4.78 is 8.81. The Hall–Kier alpha value is -2.87. The van der Waals surface area contributed by atoms with Gasteiger partial charge in [0.15, 0.2) is 11.2 Å². The average molecular weight is 363 g/mol. The van der Waals surface area contributed by atoms with Crippen LogP contribution in [-0.4, -0.2) is 24.7 Å². The number of fused-ring (bicyclic) bond motifs is 1. The van der Waals surface area contributed by atoms with E-state index in [0.717, 1.165) is 10.1 Å². The van der Waals surface area contributed by atoms with Crippen molar-refractivity contribution >= 4 is 28.7 Å². The van der Waals surface area contributed by atoms with Crippen LogP contribution in [0.25, 0.3) is 11.2 Å². The largest absolute Gasteiger partial charge is 0.459 e. The van der Waals surface area contributed by atoms with E-state index >= 15 is 0 Å². The van der Waals surface area contributed by atoms with Gasteiger partial charge in [0.05, 0.1) is 6.33 Å². The Kier molecular flexibility index (Phi) is 4.45. The topological polar surface area (TPSA) is 88.1 Å². The van der Waals surface area contributed by atoms with Gasteiger partial charge >= 0.3 is 11.7 Å². The van der Waals surface area contributed by atoms with Gasteiger partial charge in [-0.3, -0.25) is 18.7 Å². The van der Waals surface area contributed by atoms with Crippen molar-refractivity contribution in [1.82, 2.24) is 18.7 Å². The molecule has 130 valence electrons. The minimum atomic E-state index is -0.523. The Labute approximate surface area is 146 Å². The Morgan fingerprint density at radius 1 is 1.16 bits per heavy atom. The maximum Gasteiger partial charge on any atom is 0.332 e. The van der Waals surface area contributed by atoms with E-state index in [-0.39, 0.29) is 24.3 Å². The van der Waals surface area contributed by atoms with Crippen molar-refractivity contribution in [2.75, 3.05) is 0 Å². The first-order chi connectivity index (χ1) is 11.9. The maximum atomic E-state index is 12.3. The Balaban J connectivity index is 1.81. The second-order valence-electron chi connectivity index (χ2n) is 5.54. The molecule has 2 aromatic heterocycles. The van der Waals surface area contributed by atoms with Gasteiger partial charge in [-0.05, 0) is 17.7 Å². The Morgan fingerprint density at radius 2 is 1.84 bits per heavy atom. The zero-order valence-electron chi connectivity index (χ0n) is 13.6. The van der Waals surface area contributed by atoms with E-state index in [4.69, 9.17) is 16.3 Å². The van der Waals surface area contributed by atoms with Crippen LogP contribution >= 0.6 is 11.6 Å². The second kappa shape index (κ2) is 6.56. The standard InChI is InChI=1S/C16H15ClN4O4/c1-19-14-13(15(23)20(2)16(19)24)21(9-18-14)7-12(22)25-8-10-3-5-11(17)6-4-10/h3-6,9H,7-8H2,1-2H3. The number of carbonyl (C=O) groups is 1. The molecule has 3 aromatic rings. The molecular weight excluding hydrogens is 348 g/mol. The number of hydrogen-bond donors (Lipinski definition) is 0. The molecule has 0 aliphatic carbocycles. The normalized spacial score (nSPS) is 11.0. The van der Waals surface area contributed by atoms with E-state index in [2.05, 4.69) is 4.98 Å². The van der Waals surface area contributed by atoms with Crippen molar-refractivity contribution in [2.24, 2.45) is 14.1 Å². The quantitative estimate of drug-likeness (QED) is 0.641. The number of imidazole rings is 1. The van der Waals surface area contributed by atoms with Gasteiger partial charge in [0.1, 0.15) is 13.2 Å². The van der Waals surface area contributed by atoms with E-state index in [9.17, 15) is 14.4 Å².